The van der Waals surface area contributed by atoms with Crippen LogP contribution in [0.15, 0.2) is 66.7 Å². The van der Waals surface area contributed by atoms with Crippen molar-refractivity contribution < 1.29 is 14.3 Å². The highest BCUT2D eigenvalue weighted by Crippen LogP contribution is 2.43. The zero-order chi connectivity index (χ0) is 27.0. The van der Waals surface area contributed by atoms with E-state index in [0.717, 1.165) is 33.5 Å². The zero-order valence-corrected chi connectivity index (χ0v) is 23.0. The van der Waals surface area contributed by atoms with Crippen molar-refractivity contribution in [2.24, 2.45) is 0 Å². The summed E-state index contributed by atoms with van der Waals surface area (Å²) < 4.78 is 11.0. The zero-order valence-electron chi connectivity index (χ0n) is 21.4. The minimum absolute atomic E-state index is 0.342. The average molecular weight is 544 g/mol. The molecular weight excluding hydrogens is 518 g/mol. The molecule has 0 aliphatic heterocycles. The number of halogens is 1. The second kappa shape index (κ2) is 10.4. The number of hydrogen-bond acceptors (Lipinski definition) is 6. The van der Waals surface area contributed by atoms with Gasteiger partial charge in [0.2, 0.25) is 0 Å². The van der Waals surface area contributed by atoms with Gasteiger partial charge in [-0.1, -0.05) is 47.5 Å². The van der Waals surface area contributed by atoms with E-state index in [0.29, 0.717) is 43.0 Å². The number of anilines is 2. The fourth-order valence-electron chi connectivity index (χ4n) is 4.41. The Hall–Kier alpha value is -4.07. The van der Waals surface area contributed by atoms with Crippen LogP contribution in [0.25, 0.3) is 32.6 Å². The Labute approximate surface area is 230 Å². The fourth-order valence-corrected chi connectivity index (χ4v) is 5.61. The number of aryl methyl sites for hydroxylation is 2. The van der Waals surface area contributed by atoms with Gasteiger partial charge in [-0.15, -0.1) is 11.3 Å². The number of fused-ring (bicyclic) bond motifs is 1. The van der Waals surface area contributed by atoms with E-state index in [1.54, 1.807) is 32.4 Å². The van der Waals surface area contributed by atoms with Crippen molar-refractivity contribution in [1.82, 2.24) is 4.98 Å². The summed E-state index contributed by atoms with van der Waals surface area (Å²) in [6, 6.07) is 21.1. The second-order valence-corrected chi connectivity index (χ2v) is 10.3. The van der Waals surface area contributed by atoms with Crippen LogP contribution in [0.3, 0.4) is 0 Å². The Bertz CT molecular complexity index is 1700. The van der Waals surface area contributed by atoms with Crippen molar-refractivity contribution in [1.29, 1.82) is 0 Å². The number of benzene rings is 3. The summed E-state index contributed by atoms with van der Waals surface area (Å²) in [7, 11) is 3.20. The molecule has 0 unspecified atom stereocenters. The van der Waals surface area contributed by atoms with Gasteiger partial charge in [0.1, 0.15) is 9.71 Å². The van der Waals surface area contributed by atoms with Gasteiger partial charge in [-0.25, -0.2) is 4.98 Å². The second-order valence-electron chi connectivity index (χ2n) is 8.90. The number of aromatic nitrogens is 1. The number of nitrogens with two attached hydrogens (primary N) is 1. The molecule has 0 spiro atoms. The van der Waals surface area contributed by atoms with Crippen molar-refractivity contribution in [3.8, 4) is 33.9 Å². The lowest BCUT2D eigenvalue weighted by atomic mass is 9.96. The fraction of sp³-hybridized carbons (Fsp3) is 0.133. The molecule has 5 aromatic rings. The van der Waals surface area contributed by atoms with Crippen LogP contribution in [0.2, 0.25) is 5.02 Å². The van der Waals surface area contributed by atoms with E-state index in [-0.39, 0.29) is 5.91 Å². The van der Waals surface area contributed by atoms with Gasteiger partial charge in [0, 0.05) is 10.9 Å². The van der Waals surface area contributed by atoms with Crippen molar-refractivity contribution in [2.45, 2.75) is 13.8 Å². The molecule has 0 bridgehead atoms. The number of pyridine rings is 1. The first kappa shape index (κ1) is 25.6. The molecule has 38 heavy (non-hydrogen) atoms. The van der Waals surface area contributed by atoms with E-state index in [1.807, 2.05) is 30.3 Å². The first-order chi connectivity index (χ1) is 18.3. The summed E-state index contributed by atoms with van der Waals surface area (Å²) >= 11 is 7.53. The van der Waals surface area contributed by atoms with E-state index >= 15 is 0 Å². The molecule has 3 N–H and O–H groups in total. The van der Waals surface area contributed by atoms with E-state index in [2.05, 4.69) is 37.4 Å². The van der Waals surface area contributed by atoms with Crippen LogP contribution in [-0.4, -0.2) is 25.1 Å². The van der Waals surface area contributed by atoms with Gasteiger partial charge in [0.15, 0.2) is 11.5 Å². The van der Waals surface area contributed by atoms with Crippen LogP contribution in [0.1, 0.15) is 20.8 Å². The first-order valence-electron chi connectivity index (χ1n) is 11.9. The number of amides is 1. The number of thiophene rings is 1. The maximum absolute atomic E-state index is 13.3. The summed E-state index contributed by atoms with van der Waals surface area (Å²) in [5.41, 5.74) is 13.3. The molecule has 192 valence electrons. The third kappa shape index (κ3) is 4.66. The third-order valence-corrected chi connectivity index (χ3v) is 7.82. The van der Waals surface area contributed by atoms with Crippen LogP contribution in [-0.2, 0) is 0 Å². The molecule has 5 rings (SSSR count). The van der Waals surface area contributed by atoms with Gasteiger partial charge < -0.3 is 20.5 Å². The van der Waals surface area contributed by atoms with Crippen LogP contribution in [0.4, 0.5) is 11.4 Å². The quantitative estimate of drug-likeness (QED) is 0.228. The SMILES string of the molecule is COc1ccc(-c2cc(-c3cc(C)ccc3C)nc3sc(C(=O)Nc4ccccc4Cl)c(N)c23)cc1OC. The molecule has 2 heterocycles. The number of nitrogen functional groups attached to an aromatic ring is 1. The molecule has 0 aliphatic rings. The number of nitrogens with one attached hydrogen (secondary N) is 1. The van der Waals surface area contributed by atoms with Gasteiger partial charge in [0.05, 0.1) is 36.3 Å². The predicted octanol–water partition coefficient (Wildman–Crippen LogP) is 7.75. The van der Waals surface area contributed by atoms with Gasteiger partial charge in [-0.05, 0) is 66.9 Å². The maximum Gasteiger partial charge on any atom is 0.267 e. The summed E-state index contributed by atoms with van der Waals surface area (Å²) in [4.78, 5) is 19.3. The van der Waals surface area contributed by atoms with E-state index in [4.69, 9.17) is 31.8 Å². The number of carbonyl (C=O) groups is 1. The van der Waals surface area contributed by atoms with E-state index in [9.17, 15) is 4.79 Å². The molecule has 0 aliphatic carbocycles. The lowest BCUT2D eigenvalue weighted by molar-refractivity contribution is 0.103. The van der Waals surface area contributed by atoms with Crippen molar-refractivity contribution in [2.75, 3.05) is 25.3 Å². The van der Waals surface area contributed by atoms with Crippen LogP contribution < -0.4 is 20.5 Å². The number of para-hydroxylation sites is 1. The monoisotopic (exact) mass is 543 g/mol. The Balaban J connectivity index is 1.73. The molecule has 3 aromatic carbocycles. The molecule has 0 radical (unpaired) electrons. The Morgan fingerprint density at radius 2 is 1.71 bits per heavy atom. The number of rotatable bonds is 6. The molecule has 0 saturated heterocycles. The lowest BCUT2D eigenvalue weighted by Gasteiger charge is -2.13. The average Bonchev–Trinajstić information content (AvgIpc) is 3.26. The van der Waals surface area contributed by atoms with Gasteiger partial charge in [-0.3, -0.25) is 4.79 Å². The van der Waals surface area contributed by atoms with Crippen molar-refractivity contribution in [3.63, 3.8) is 0 Å². The van der Waals surface area contributed by atoms with Crippen LogP contribution in [0.5, 0.6) is 11.5 Å². The van der Waals surface area contributed by atoms with Crippen molar-refractivity contribution in [3.05, 3.63) is 87.8 Å². The van der Waals surface area contributed by atoms with Crippen LogP contribution in [0, 0.1) is 13.8 Å². The lowest BCUT2D eigenvalue weighted by Crippen LogP contribution is -2.12. The van der Waals surface area contributed by atoms with E-state index in [1.165, 1.54) is 11.3 Å². The van der Waals surface area contributed by atoms with Gasteiger partial charge in [-0.2, -0.15) is 0 Å². The summed E-state index contributed by atoms with van der Waals surface area (Å²) in [6.07, 6.45) is 0. The Morgan fingerprint density at radius 1 is 0.947 bits per heavy atom. The predicted molar refractivity (Wildman–Crippen MR) is 157 cm³/mol. The first-order valence-corrected chi connectivity index (χ1v) is 13.1. The summed E-state index contributed by atoms with van der Waals surface area (Å²) in [6.45, 7) is 4.11. The number of carbonyl (C=O) groups excluding carboxylic acids is 1. The van der Waals surface area contributed by atoms with Gasteiger partial charge >= 0.3 is 0 Å². The van der Waals surface area contributed by atoms with E-state index < -0.39 is 0 Å². The topological polar surface area (TPSA) is 86.5 Å². The standard InChI is InChI=1S/C30H26ClN3O3S/c1-16-9-10-17(2)19(13-16)23-15-20(18-11-12-24(36-3)25(14-18)37-4)26-27(32)28(38-30(26)34-23)29(35)33-22-8-6-5-7-21(22)31/h5-15H,32H2,1-4H3,(H,33,35). The summed E-state index contributed by atoms with van der Waals surface area (Å²) in [5.74, 6) is 0.869. The van der Waals surface area contributed by atoms with Gasteiger partial charge in [0.25, 0.3) is 5.91 Å². The Kier molecular flexibility index (Phi) is 6.97. The number of ether oxygens (including phenoxy) is 2. The smallest absolute Gasteiger partial charge is 0.267 e. The molecule has 6 nitrogen and oxygen atoms in total. The van der Waals surface area contributed by atoms with Crippen molar-refractivity contribution >= 4 is 50.4 Å². The third-order valence-electron chi connectivity index (χ3n) is 6.39. The minimum atomic E-state index is -0.342. The highest BCUT2D eigenvalue weighted by molar-refractivity contribution is 7.21. The molecule has 0 atom stereocenters. The molecule has 2 aromatic heterocycles. The maximum atomic E-state index is 13.3. The molecule has 8 heteroatoms. The number of methoxy groups -OCH3 is 2. The summed E-state index contributed by atoms with van der Waals surface area (Å²) in [5, 5.41) is 4.03. The normalized spacial score (nSPS) is 11.0. The molecule has 1 amide bonds. The number of nitrogens with zero attached hydrogens (tertiary/aromatic N) is 1. The minimum Gasteiger partial charge on any atom is -0.493 e. The largest absolute Gasteiger partial charge is 0.493 e. The molecule has 0 saturated carbocycles. The highest BCUT2D eigenvalue weighted by atomic mass is 35.5. The number of hydrogen-bond donors (Lipinski definition) is 2. The molecular formula is C30H26ClN3O3S. The highest BCUT2D eigenvalue weighted by Gasteiger charge is 2.23. The Morgan fingerprint density at radius 3 is 2.45 bits per heavy atom. The van der Waals surface area contributed by atoms with Crippen LogP contribution >= 0.6 is 22.9 Å². The molecule has 0 fully saturated rings.